The van der Waals surface area contributed by atoms with Crippen LogP contribution in [0.3, 0.4) is 0 Å². The Morgan fingerprint density at radius 2 is 1.92 bits per heavy atom. The number of methoxy groups -OCH3 is 1. The van der Waals surface area contributed by atoms with Gasteiger partial charge in [-0.1, -0.05) is 5.16 Å². The van der Waals surface area contributed by atoms with Gasteiger partial charge < -0.3 is 29.8 Å². The number of rotatable bonds is 10. The fourth-order valence-corrected chi connectivity index (χ4v) is 3.74. The molecular formula is C27H25FN4O6. The lowest BCUT2D eigenvalue weighted by Crippen LogP contribution is -2.29. The molecule has 1 fully saturated rings. The van der Waals surface area contributed by atoms with Crippen molar-refractivity contribution >= 4 is 28.3 Å². The zero-order chi connectivity index (χ0) is 26.9. The second-order valence-corrected chi connectivity index (χ2v) is 9.21. The molecule has 11 heteroatoms. The number of fused-ring (bicyclic) bond motifs is 1. The van der Waals surface area contributed by atoms with Crippen molar-refractivity contribution in [2.75, 3.05) is 19.0 Å². The van der Waals surface area contributed by atoms with E-state index in [4.69, 9.17) is 24.5 Å². The molecule has 3 N–H and O–H groups in total. The minimum Gasteiger partial charge on any atom is -0.493 e. The first-order valence-corrected chi connectivity index (χ1v) is 11.9. The number of ketones is 1. The number of carbonyl (C=O) groups is 2. The molecule has 10 nitrogen and oxygen atoms in total. The number of aromatic nitrogens is 2. The lowest BCUT2D eigenvalue weighted by molar-refractivity contribution is -0.134. The van der Waals surface area contributed by atoms with Crippen LogP contribution in [0, 0.1) is 12.7 Å². The fraction of sp³-hybridized carbons (Fsp3) is 0.259. The van der Waals surface area contributed by atoms with Crippen LogP contribution in [0.4, 0.5) is 10.1 Å². The summed E-state index contributed by atoms with van der Waals surface area (Å²) in [6.07, 6.45) is 3.12. The quantitative estimate of drug-likeness (QED) is 0.296. The van der Waals surface area contributed by atoms with E-state index in [0.717, 1.165) is 18.9 Å². The Balaban J connectivity index is 1.30. The summed E-state index contributed by atoms with van der Waals surface area (Å²) in [5, 5.41) is 6.66. The third kappa shape index (κ3) is 5.57. The Hall–Kier alpha value is -4.51. The third-order valence-electron chi connectivity index (χ3n) is 6.08. The maximum atomic E-state index is 14.9. The van der Waals surface area contributed by atoms with E-state index in [-0.39, 0.29) is 23.4 Å². The number of halogens is 1. The van der Waals surface area contributed by atoms with Crippen molar-refractivity contribution in [3.8, 4) is 23.0 Å². The van der Waals surface area contributed by atoms with Crippen LogP contribution in [0.2, 0.25) is 0 Å². The largest absolute Gasteiger partial charge is 0.493 e. The first kappa shape index (κ1) is 25.2. The zero-order valence-electron chi connectivity index (χ0n) is 20.7. The van der Waals surface area contributed by atoms with Crippen LogP contribution >= 0.6 is 0 Å². The number of ether oxygens (including phenoxy) is 3. The van der Waals surface area contributed by atoms with Crippen LogP contribution in [-0.4, -0.2) is 41.1 Å². The third-order valence-corrected chi connectivity index (χ3v) is 6.08. The fourth-order valence-electron chi connectivity index (χ4n) is 3.74. The molecule has 2 aromatic carbocycles. The van der Waals surface area contributed by atoms with Gasteiger partial charge in [0.15, 0.2) is 23.1 Å². The highest BCUT2D eigenvalue weighted by Crippen LogP contribution is 2.39. The smallest absolute Gasteiger partial charge is 0.292 e. The maximum Gasteiger partial charge on any atom is 0.292 e. The Labute approximate surface area is 216 Å². The number of hydrogen-bond acceptors (Lipinski definition) is 9. The summed E-state index contributed by atoms with van der Waals surface area (Å²) in [6.45, 7) is 2.04. The standard InChI is InChI=1S/C27H25FN4O6/c1-15-9-17(32-38-15)11-21(33)26(34)31-16-3-4-23(19(28)10-16)37-22-5-8-30-20-13-25(24(35-2)12-18(20)22)36-14-27(29)6-7-27/h3-5,8-10,12-13H,6-7,11,14,29H2,1-2H3,(H,31,34). The van der Waals surface area contributed by atoms with Crippen molar-refractivity contribution in [2.45, 2.75) is 31.7 Å². The van der Waals surface area contributed by atoms with E-state index in [9.17, 15) is 14.0 Å². The highest BCUT2D eigenvalue weighted by molar-refractivity contribution is 6.41. The normalized spacial score (nSPS) is 13.7. The SMILES string of the molecule is COc1cc2c(Oc3ccc(NC(=O)C(=O)Cc4cc(C)on4)cc3F)ccnc2cc1OCC1(N)CC1. The molecule has 0 spiro atoms. The Kier molecular flexibility index (Phi) is 6.68. The molecule has 0 atom stereocenters. The highest BCUT2D eigenvalue weighted by Gasteiger charge is 2.39. The number of benzene rings is 2. The molecule has 4 aromatic rings. The predicted molar refractivity (Wildman–Crippen MR) is 135 cm³/mol. The van der Waals surface area contributed by atoms with E-state index in [2.05, 4.69) is 15.5 Å². The van der Waals surface area contributed by atoms with Gasteiger partial charge >= 0.3 is 0 Å². The lowest BCUT2D eigenvalue weighted by Gasteiger charge is -2.16. The second-order valence-electron chi connectivity index (χ2n) is 9.21. The van der Waals surface area contributed by atoms with Crippen LogP contribution in [0.15, 0.2) is 53.2 Å². The monoisotopic (exact) mass is 520 g/mol. The van der Waals surface area contributed by atoms with Crippen LogP contribution < -0.4 is 25.3 Å². The molecule has 1 saturated carbocycles. The van der Waals surface area contributed by atoms with E-state index < -0.39 is 17.5 Å². The van der Waals surface area contributed by atoms with Gasteiger partial charge in [0.05, 0.1) is 30.3 Å². The number of nitrogens with zero attached hydrogens (tertiary/aromatic N) is 2. The molecular weight excluding hydrogens is 495 g/mol. The number of carbonyl (C=O) groups excluding carboxylic acids is 2. The molecule has 0 bridgehead atoms. The number of nitrogens with one attached hydrogen (secondary N) is 1. The summed E-state index contributed by atoms with van der Waals surface area (Å²) in [4.78, 5) is 28.8. The van der Waals surface area contributed by atoms with Crippen molar-refractivity contribution in [1.82, 2.24) is 10.1 Å². The van der Waals surface area contributed by atoms with E-state index in [0.29, 0.717) is 46.2 Å². The summed E-state index contributed by atoms with van der Waals surface area (Å²) in [7, 11) is 1.52. The summed E-state index contributed by atoms with van der Waals surface area (Å²) in [5.74, 6) is -0.631. The van der Waals surface area contributed by atoms with Crippen LogP contribution in [0.5, 0.6) is 23.0 Å². The number of nitrogens with two attached hydrogens (primary N) is 1. The predicted octanol–water partition coefficient (Wildman–Crippen LogP) is 4.09. The minimum atomic E-state index is -0.897. The molecule has 2 aromatic heterocycles. The molecule has 0 aliphatic heterocycles. The molecule has 5 rings (SSSR count). The van der Waals surface area contributed by atoms with Crippen molar-refractivity contribution < 1.29 is 32.7 Å². The zero-order valence-corrected chi connectivity index (χ0v) is 20.7. The van der Waals surface area contributed by atoms with E-state index in [1.807, 2.05) is 0 Å². The topological polar surface area (TPSA) is 139 Å². The van der Waals surface area contributed by atoms with Gasteiger partial charge in [-0.05, 0) is 44.0 Å². The second kappa shape index (κ2) is 10.1. The Morgan fingerprint density at radius 1 is 1.11 bits per heavy atom. The molecule has 1 amide bonds. The maximum absolute atomic E-state index is 14.9. The van der Waals surface area contributed by atoms with Crippen molar-refractivity contribution in [2.24, 2.45) is 5.73 Å². The molecule has 0 radical (unpaired) electrons. The van der Waals surface area contributed by atoms with Crippen molar-refractivity contribution in [1.29, 1.82) is 0 Å². The summed E-state index contributed by atoms with van der Waals surface area (Å²) in [5.41, 5.74) is 6.82. The van der Waals surface area contributed by atoms with Crippen molar-refractivity contribution in [3.05, 3.63) is 65.9 Å². The van der Waals surface area contributed by atoms with Gasteiger partial charge in [-0.15, -0.1) is 0 Å². The van der Waals surface area contributed by atoms with Gasteiger partial charge in [0.1, 0.15) is 18.1 Å². The number of aryl methyl sites for hydroxylation is 1. The average Bonchev–Trinajstić information content (AvgIpc) is 3.50. The van der Waals surface area contributed by atoms with Gasteiger partial charge in [0, 0.05) is 35.5 Å². The molecule has 196 valence electrons. The summed E-state index contributed by atoms with van der Waals surface area (Å²) in [6, 6.07) is 10.4. The van der Waals surface area contributed by atoms with Gasteiger partial charge in [-0.25, -0.2) is 4.39 Å². The first-order valence-electron chi connectivity index (χ1n) is 11.9. The van der Waals surface area contributed by atoms with Gasteiger partial charge in [0.25, 0.3) is 5.91 Å². The Bertz CT molecular complexity index is 1530. The summed E-state index contributed by atoms with van der Waals surface area (Å²) < 4.78 is 37.0. The number of amides is 1. The van der Waals surface area contributed by atoms with Crippen LogP contribution in [0.1, 0.15) is 24.3 Å². The highest BCUT2D eigenvalue weighted by atomic mass is 19.1. The van der Waals surface area contributed by atoms with Gasteiger partial charge in [-0.2, -0.15) is 0 Å². The van der Waals surface area contributed by atoms with E-state index in [1.165, 1.54) is 25.4 Å². The molecule has 2 heterocycles. The average molecular weight is 521 g/mol. The minimum absolute atomic E-state index is 0.0852. The molecule has 0 saturated heterocycles. The van der Waals surface area contributed by atoms with E-state index >= 15 is 0 Å². The number of hydrogen-bond donors (Lipinski definition) is 2. The number of Topliss-reactive ketones (excluding diaryl/α,β-unsaturated/α-hetero) is 1. The lowest BCUT2D eigenvalue weighted by atomic mass is 10.1. The molecule has 0 unspecified atom stereocenters. The van der Waals surface area contributed by atoms with Gasteiger partial charge in [-0.3, -0.25) is 14.6 Å². The summed E-state index contributed by atoms with van der Waals surface area (Å²) >= 11 is 0. The molecule has 1 aliphatic rings. The Morgan fingerprint density at radius 3 is 2.61 bits per heavy atom. The molecule has 38 heavy (non-hydrogen) atoms. The van der Waals surface area contributed by atoms with Crippen LogP contribution in [-0.2, 0) is 16.0 Å². The number of anilines is 1. The molecule has 1 aliphatic carbocycles. The van der Waals surface area contributed by atoms with Crippen molar-refractivity contribution in [3.63, 3.8) is 0 Å². The first-order chi connectivity index (χ1) is 18.2. The van der Waals surface area contributed by atoms with E-state index in [1.54, 1.807) is 31.2 Å². The van der Waals surface area contributed by atoms with Crippen LogP contribution in [0.25, 0.3) is 10.9 Å². The van der Waals surface area contributed by atoms with Gasteiger partial charge in [0.2, 0.25) is 5.78 Å². The number of pyridine rings is 1.